The fraction of sp³-hybridized carbons (Fsp3) is 0.611. The number of benzene rings is 1. The highest BCUT2D eigenvalue weighted by Gasteiger charge is 2.62. The van der Waals surface area contributed by atoms with Gasteiger partial charge in [0.2, 0.25) is 0 Å². The van der Waals surface area contributed by atoms with Crippen LogP contribution in [0.1, 0.15) is 40.0 Å². The molecule has 21 heavy (non-hydrogen) atoms. The molecule has 3 unspecified atom stereocenters. The molecule has 0 N–H and O–H groups in total. The molecule has 2 aliphatic rings. The third kappa shape index (κ3) is 2.50. The molecule has 1 aromatic carbocycles. The zero-order valence-electron chi connectivity index (χ0n) is 13.1. The highest BCUT2D eigenvalue weighted by atomic mass is 32.2. The maximum absolute atomic E-state index is 12.2. The summed E-state index contributed by atoms with van der Waals surface area (Å²) in [5.41, 5.74) is 0.454. The van der Waals surface area contributed by atoms with E-state index in [0.29, 0.717) is 17.1 Å². The van der Waals surface area contributed by atoms with Gasteiger partial charge in [0.05, 0.1) is 5.75 Å². The fourth-order valence-corrected chi connectivity index (χ4v) is 4.86. The SMILES string of the molecule is CC1(C)C2CCC1(C)C(OC(=O)CSc1ccccc1)C2. The standard InChI is InChI=1S/C18H24O2S/c1-17(2)13-9-10-18(17,3)15(11-13)20-16(19)12-21-14-7-5-4-6-8-14/h4-8,13,15H,9-12H2,1-3H3. The predicted molar refractivity (Wildman–Crippen MR) is 86.3 cm³/mol. The van der Waals surface area contributed by atoms with E-state index in [4.69, 9.17) is 4.74 Å². The molecule has 3 rings (SSSR count). The minimum atomic E-state index is -0.0709. The van der Waals surface area contributed by atoms with Crippen molar-refractivity contribution >= 4 is 17.7 Å². The lowest BCUT2D eigenvalue weighted by molar-refractivity contribution is -0.153. The van der Waals surface area contributed by atoms with Gasteiger partial charge in [-0.3, -0.25) is 4.79 Å². The van der Waals surface area contributed by atoms with Crippen LogP contribution in [0.3, 0.4) is 0 Å². The third-order valence-corrected chi connectivity index (χ3v) is 7.07. The van der Waals surface area contributed by atoms with Crippen molar-refractivity contribution < 1.29 is 9.53 Å². The molecular weight excluding hydrogens is 280 g/mol. The molecule has 114 valence electrons. The van der Waals surface area contributed by atoms with Crippen molar-refractivity contribution in [3.05, 3.63) is 30.3 Å². The van der Waals surface area contributed by atoms with Crippen molar-refractivity contribution in [3.8, 4) is 0 Å². The van der Waals surface area contributed by atoms with E-state index < -0.39 is 0 Å². The molecule has 0 saturated heterocycles. The molecule has 2 aliphatic carbocycles. The first kappa shape index (κ1) is 15.0. The monoisotopic (exact) mass is 304 g/mol. The van der Waals surface area contributed by atoms with E-state index in [1.54, 1.807) is 11.8 Å². The summed E-state index contributed by atoms with van der Waals surface area (Å²) in [6.07, 6.45) is 3.63. The van der Waals surface area contributed by atoms with Crippen LogP contribution in [0.25, 0.3) is 0 Å². The van der Waals surface area contributed by atoms with Crippen LogP contribution in [-0.2, 0) is 9.53 Å². The molecule has 2 fully saturated rings. The number of carbonyl (C=O) groups excluding carboxylic acids is 1. The normalized spacial score (nSPS) is 33.1. The van der Waals surface area contributed by atoms with E-state index in [2.05, 4.69) is 20.8 Å². The van der Waals surface area contributed by atoms with Crippen LogP contribution in [-0.4, -0.2) is 17.8 Å². The van der Waals surface area contributed by atoms with Gasteiger partial charge in [0.15, 0.2) is 0 Å². The minimum Gasteiger partial charge on any atom is -0.461 e. The molecule has 0 spiro atoms. The molecule has 0 heterocycles. The Hall–Kier alpha value is -0.960. The Bertz CT molecular complexity index is 525. The van der Waals surface area contributed by atoms with Gasteiger partial charge in [-0.15, -0.1) is 11.8 Å². The zero-order chi connectivity index (χ0) is 15.1. The van der Waals surface area contributed by atoms with E-state index in [1.807, 2.05) is 30.3 Å². The van der Waals surface area contributed by atoms with Crippen LogP contribution in [0.4, 0.5) is 0 Å². The van der Waals surface area contributed by atoms with Crippen LogP contribution >= 0.6 is 11.8 Å². The topological polar surface area (TPSA) is 26.3 Å². The minimum absolute atomic E-state index is 0.0709. The summed E-state index contributed by atoms with van der Waals surface area (Å²) in [5, 5.41) is 0. The lowest BCUT2D eigenvalue weighted by Crippen LogP contribution is -2.38. The van der Waals surface area contributed by atoms with Gasteiger partial charge in [-0.1, -0.05) is 39.0 Å². The van der Waals surface area contributed by atoms with Crippen LogP contribution in [0.5, 0.6) is 0 Å². The number of hydrogen-bond acceptors (Lipinski definition) is 3. The Labute approximate surface area is 131 Å². The Morgan fingerprint density at radius 1 is 1.29 bits per heavy atom. The average Bonchev–Trinajstić information content (AvgIpc) is 2.79. The van der Waals surface area contributed by atoms with Crippen LogP contribution in [0.2, 0.25) is 0 Å². The molecule has 2 nitrogen and oxygen atoms in total. The summed E-state index contributed by atoms with van der Waals surface area (Å²) in [7, 11) is 0. The summed E-state index contributed by atoms with van der Waals surface area (Å²) >= 11 is 1.56. The maximum Gasteiger partial charge on any atom is 0.316 e. The summed E-state index contributed by atoms with van der Waals surface area (Å²) in [5.74, 6) is 1.04. The van der Waals surface area contributed by atoms with E-state index in [9.17, 15) is 4.79 Å². The van der Waals surface area contributed by atoms with Crippen molar-refractivity contribution in [2.75, 3.05) is 5.75 Å². The molecule has 0 radical (unpaired) electrons. The Morgan fingerprint density at radius 3 is 2.57 bits per heavy atom. The average molecular weight is 304 g/mol. The molecule has 2 bridgehead atoms. The van der Waals surface area contributed by atoms with E-state index in [-0.39, 0.29) is 17.5 Å². The highest BCUT2D eigenvalue weighted by Crippen LogP contribution is 2.66. The molecule has 3 heteroatoms. The second-order valence-corrected chi connectivity index (χ2v) is 8.24. The number of rotatable bonds is 4. The van der Waals surface area contributed by atoms with Crippen LogP contribution < -0.4 is 0 Å². The predicted octanol–water partition coefficient (Wildman–Crippen LogP) is 4.54. The maximum atomic E-state index is 12.2. The van der Waals surface area contributed by atoms with Crippen molar-refractivity contribution in [1.82, 2.24) is 0 Å². The number of fused-ring (bicyclic) bond motifs is 2. The first-order valence-electron chi connectivity index (χ1n) is 7.81. The van der Waals surface area contributed by atoms with Gasteiger partial charge in [-0.25, -0.2) is 0 Å². The Kier molecular flexibility index (Phi) is 3.81. The van der Waals surface area contributed by atoms with E-state index >= 15 is 0 Å². The van der Waals surface area contributed by atoms with Crippen molar-refractivity contribution in [2.24, 2.45) is 16.7 Å². The van der Waals surface area contributed by atoms with Gasteiger partial charge in [-0.2, -0.15) is 0 Å². The molecule has 2 saturated carbocycles. The molecule has 0 aliphatic heterocycles. The largest absolute Gasteiger partial charge is 0.461 e. The first-order chi connectivity index (χ1) is 9.93. The second-order valence-electron chi connectivity index (χ2n) is 7.19. The summed E-state index contributed by atoms with van der Waals surface area (Å²) in [6.45, 7) is 7.00. The van der Waals surface area contributed by atoms with Crippen LogP contribution in [0, 0.1) is 16.7 Å². The summed E-state index contributed by atoms with van der Waals surface area (Å²) < 4.78 is 5.85. The number of esters is 1. The van der Waals surface area contributed by atoms with Gasteiger partial charge in [0, 0.05) is 10.3 Å². The Morgan fingerprint density at radius 2 is 2.00 bits per heavy atom. The first-order valence-corrected chi connectivity index (χ1v) is 8.79. The molecule has 0 aromatic heterocycles. The second kappa shape index (κ2) is 5.35. The molecule has 3 atom stereocenters. The van der Waals surface area contributed by atoms with E-state index in [1.165, 1.54) is 12.8 Å². The van der Waals surface area contributed by atoms with Gasteiger partial charge in [0.25, 0.3) is 0 Å². The lowest BCUT2D eigenvalue weighted by Gasteiger charge is -2.38. The van der Waals surface area contributed by atoms with Crippen molar-refractivity contribution in [2.45, 2.75) is 51.0 Å². The summed E-state index contributed by atoms with van der Waals surface area (Å²) in [4.78, 5) is 13.3. The van der Waals surface area contributed by atoms with Gasteiger partial charge in [0.1, 0.15) is 6.10 Å². The highest BCUT2D eigenvalue weighted by molar-refractivity contribution is 8.00. The lowest BCUT2D eigenvalue weighted by atomic mass is 9.70. The third-order valence-electron chi connectivity index (χ3n) is 6.09. The number of carbonyl (C=O) groups is 1. The van der Waals surface area contributed by atoms with Gasteiger partial charge in [-0.05, 0) is 42.7 Å². The van der Waals surface area contributed by atoms with Crippen molar-refractivity contribution in [3.63, 3.8) is 0 Å². The summed E-state index contributed by atoms with van der Waals surface area (Å²) in [6, 6.07) is 10.0. The quantitative estimate of drug-likeness (QED) is 0.603. The van der Waals surface area contributed by atoms with Crippen molar-refractivity contribution in [1.29, 1.82) is 0 Å². The smallest absolute Gasteiger partial charge is 0.316 e. The van der Waals surface area contributed by atoms with E-state index in [0.717, 1.165) is 11.3 Å². The fourth-order valence-electron chi connectivity index (χ4n) is 4.16. The molecular formula is C18H24O2S. The number of ether oxygens (including phenoxy) is 1. The zero-order valence-corrected chi connectivity index (χ0v) is 13.9. The number of hydrogen-bond donors (Lipinski definition) is 0. The molecule has 1 aromatic rings. The van der Waals surface area contributed by atoms with Crippen LogP contribution in [0.15, 0.2) is 35.2 Å². The Balaban J connectivity index is 1.57. The van der Waals surface area contributed by atoms with Gasteiger partial charge >= 0.3 is 5.97 Å². The van der Waals surface area contributed by atoms with Gasteiger partial charge < -0.3 is 4.74 Å². The molecule has 0 amide bonds. The number of thioether (sulfide) groups is 1.